The lowest BCUT2D eigenvalue weighted by molar-refractivity contribution is -0.139. The van der Waals surface area contributed by atoms with E-state index in [1.54, 1.807) is 0 Å². The van der Waals surface area contributed by atoms with Gasteiger partial charge in [-0.3, -0.25) is 5.10 Å². The van der Waals surface area contributed by atoms with Crippen LogP contribution in [0.3, 0.4) is 0 Å². The van der Waals surface area contributed by atoms with E-state index < -0.39 is 5.60 Å². The summed E-state index contributed by atoms with van der Waals surface area (Å²) >= 11 is 0. The van der Waals surface area contributed by atoms with E-state index in [9.17, 15) is 5.11 Å². The van der Waals surface area contributed by atoms with Gasteiger partial charge in [-0.2, -0.15) is 5.10 Å². The summed E-state index contributed by atoms with van der Waals surface area (Å²) in [6.07, 6.45) is 12.0. The lowest BCUT2D eigenvalue weighted by atomic mass is 9.44. The van der Waals surface area contributed by atoms with Gasteiger partial charge in [0.1, 0.15) is 0 Å². The van der Waals surface area contributed by atoms with Gasteiger partial charge < -0.3 is 5.11 Å². The topological polar surface area (TPSA) is 48.9 Å². The molecule has 7 atom stereocenters. The zero-order chi connectivity index (χ0) is 16.7. The monoisotopic (exact) mass is 328 g/mol. The molecule has 4 aliphatic rings. The predicted octanol–water partition coefficient (Wildman–Crippen LogP) is 4.12. The average molecular weight is 329 g/mol. The molecule has 24 heavy (non-hydrogen) atoms. The normalized spacial score (nSPS) is 53.0. The van der Waals surface area contributed by atoms with E-state index in [2.05, 4.69) is 37.2 Å². The van der Waals surface area contributed by atoms with Crippen LogP contribution in [0.25, 0.3) is 0 Å². The Balaban J connectivity index is 1.50. The van der Waals surface area contributed by atoms with Crippen LogP contribution in [0.5, 0.6) is 0 Å². The molecular formula is C21H32N2O. The van der Waals surface area contributed by atoms with Gasteiger partial charge in [-0.05, 0) is 98.4 Å². The molecule has 4 aliphatic carbocycles. The second-order valence-corrected chi connectivity index (χ2v) is 10.2. The van der Waals surface area contributed by atoms with Crippen LogP contribution in [0.15, 0.2) is 6.20 Å². The smallest absolute Gasteiger partial charge is 0.0675 e. The molecule has 0 amide bonds. The number of aliphatic hydroxyl groups is 1. The Bertz CT molecular complexity index is 665. The first kappa shape index (κ1) is 15.4. The molecular weight excluding hydrogens is 296 g/mol. The molecule has 3 saturated carbocycles. The first-order valence-corrected chi connectivity index (χ1v) is 10.1. The highest BCUT2D eigenvalue weighted by Crippen LogP contribution is 2.67. The fraction of sp³-hybridized carbons (Fsp3) is 0.857. The van der Waals surface area contributed by atoms with E-state index in [1.807, 2.05) is 0 Å². The first-order valence-electron chi connectivity index (χ1n) is 10.1. The zero-order valence-corrected chi connectivity index (χ0v) is 15.4. The Morgan fingerprint density at radius 2 is 1.88 bits per heavy atom. The summed E-state index contributed by atoms with van der Waals surface area (Å²) in [6.45, 7) is 7.09. The third-order valence-electron chi connectivity index (χ3n) is 9.45. The minimum Gasteiger partial charge on any atom is -0.390 e. The Morgan fingerprint density at radius 3 is 2.71 bits per heavy atom. The van der Waals surface area contributed by atoms with Gasteiger partial charge in [-0.25, -0.2) is 0 Å². The van der Waals surface area contributed by atoms with Gasteiger partial charge in [0.25, 0.3) is 0 Å². The minimum atomic E-state index is -0.454. The Kier molecular flexibility index (Phi) is 3.00. The molecule has 3 heteroatoms. The summed E-state index contributed by atoms with van der Waals surface area (Å²) in [5.41, 5.74) is 2.94. The van der Waals surface area contributed by atoms with Crippen molar-refractivity contribution in [3.8, 4) is 0 Å². The molecule has 0 spiro atoms. The molecule has 0 radical (unpaired) electrons. The average Bonchev–Trinajstić information content (AvgIpc) is 3.06. The summed E-state index contributed by atoms with van der Waals surface area (Å²) < 4.78 is 0. The van der Waals surface area contributed by atoms with Crippen molar-refractivity contribution < 1.29 is 5.11 Å². The molecule has 3 nitrogen and oxygen atoms in total. The van der Waals surface area contributed by atoms with Crippen molar-refractivity contribution in [3.05, 3.63) is 17.5 Å². The van der Waals surface area contributed by atoms with Gasteiger partial charge >= 0.3 is 0 Å². The lowest BCUT2D eigenvalue weighted by Gasteiger charge is -2.60. The van der Waals surface area contributed by atoms with Gasteiger partial charge in [0.05, 0.1) is 11.3 Å². The largest absolute Gasteiger partial charge is 0.390 e. The standard InChI is InChI=1S/C21H32N2O/c1-19-11-13-12-22-23-18(13)10-14(19)4-5-15-16(19)6-8-20(2)17(15)7-9-21(20,3)24/h12,14-17,24H,4-11H2,1-3H3,(H,22,23)/t14?,15?,16?,17?,19-,20-,21-/m0/s1. The number of aromatic amines is 1. The van der Waals surface area contributed by atoms with Crippen molar-refractivity contribution in [2.75, 3.05) is 0 Å². The molecule has 0 aromatic carbocycles. The molecule has 2 N–H and O–H groups in total. The highest BCUT2D eigenvalue weighted by atomic mass is 16.3. The third kappa shape index (κ3) is 1.75. The summed E-state index contributed by atoms with van der Waals surface area (Å²) in [5, 5.41) is 18.6. The Morgan fingerprint density at radius 1 is 1.08 bits per heavy atom. The molecule has 5 rings (SSSR count). The van der Waals surface area contributed by atoms with Crippen molar-refractivity contribution in [1.29, 1.82) is 0 Å². The molecule has 0 aliphatic heterocycles. The SMILES string of the molecule is C[C@]12Cc3c[nH]nc3CC1CCC1C2CC[C@@]2(C)C1CC[C@]2(C)O. The number of H-pyrrole nitrogens is 1. The first-order chi connectivity index (χ1) is 11.4. The number of rotatable bonds is 0. The number of nitrogens with zero attached hydrogens (tertiary/aromatic N) is 1. The second-order valence-electron chi connectivity index (χ2n) is 10.2. The van der Waals surface area contributed by atoms with Crippen LogP contribution >= 0.6 is 0 Å². The highest BCUT2D eigenvalue weighted by molar-refractivity contribution is 5.26. The summed E-state index contributed by atoms with van der Waals surface area (Å²) in [6, 6.07) is 0. The van der Waals surface area contributed by atoms with E-state index in [4.69, 9.17) is 0 Å². The number of aromatic nitrogens is 2. The van der Waals surface area contributed by atoms with Gasteiger partial charge in [-0.15, -0.1) is 0 Å². The Labute approximate surface area is 145 Å². The van der Waals surface area contributed by atoms with Crippen molar-refractivity contribution in [2.45, 2.75) is 77.7 Å². The molecule has 1 aromatic heterocycles. The minimum absolute atomic E-state index is 0.146. The maximum absolute atomic E-state index is 11.0. The summed E-state index contributed by atoms with van der Waals surface area (Å²) in [4.78, 5) is 0. The van der Waals surface area contributed by atoms with Crippen LogP contribution in [0, 0.1) is 34.5 Å². The predicted molar refractivity (Wildman–Crippen MR) is 94.5 cm³/mol. The third-order valence-corrected chi connectivity index (χ3v) is 9.45. The van der Waals surface area contributed by atoms with E-state index in [1.165, 1.54) is 56.2 Å². The number of fused-ring (bicyclic) bond motifs is 6. The zero-order valence-electron chi connectivity index (χ0n) is 15.4. The van der Waals surface area contributed by atoms with E-state index in [-0.39, 0.29) is 5.41 Å². The van der Waals surface area contributed by atoms with Crippen molar-refractivity contribution in [1.82, 2.24) is 10.2 Å². The van der Waals surface area contributed by atoms with Gasteiger partial charge in [-0.1, -0.05) is 13.8 Å². The fourth-order valence-electron chi connectivity index (χ4n) is 7.71. The fourth-order valence-corrected chi connectivity index (χ4v) is 7.71. The lowest BCUT2D eigenvalue weighted by Crippen LogP contribution is -2.56. The summed E-state index contributed by atoms with van der Waals surface area (Å²) in [5.74, 6) is 3.20. The molecule has 4 unspecified atom stereocenters. The molecule has 0 bridgehead atoms. The van der Waals surface area contributed by atoms with Gasteiger partial charge in [0.15, 0.2) is 0 Å². The number of hydrogen-bond acceptors (Lipinski definition) is 2. The molecule has 3 fully saturated rings. The maximum atomic E-state index is 11.0. The van der Waals surface area contributed by atoms with Crippen molar-refractivity contribution >= 4 is 0 Å². The van der Waals surface area contributed by atoms with Crippen molar-refractivity contribution in [3.63, 3.8) is 0 Å². The molecule has 0 saturated heterocycles. The van der Waals surface area contributed by atoms with Crippen LogP contribution in [0.4, 0.5) is 0 Å². The van der Waals surface area contributed by atoms with Crippen LogP contribution in [-0.4, -0.2) is 20.9 Å². The number of nitrogens with one attached hydrogen (secondary N) is 1. The van der Waals surface area contributed by atoms with E-state index >= 15 is 0 Å². The maximum Gasteiger partial charge on any atom is 0.0675 e. The van der Waals surface area contributed by atoms with Gasteiger partial charge in [0, 0.05) is 6.20 Å². The summed E-state index contributed by atoms with van der Waals surface area (Å²) in [7, 11) is 0. The van der Waals surface area contributed by atoms with Crippen LogP contribution in [0.1, 0.15) is 70.6 Å². The van der Waals surface area contributed by atoms with Gasteiger partial charge in [0.2, 0.25) is 0 Å². The Hall–Kier alpha value is -0.830. The second kappa shape index (κ2) is 4.66. The quantitative estimate of drug-likeness (QED) is 0.752. The molecule has 1 aromatic rings. The van der Waals surface area contributed by atoms with Crippen molar-refractivity contribution in [2.24, 2.45) is 34.5 Å². The van der Waals surface area contributed by atoms with E-state index in [0.717, 1.165) is 30.1 Å². The highest BCUT2D eigenvalue weighted by Gasteiger charge is 2.63. The molecule has 132 valence electrons. The van der Waals surface area contributed by atoms with Crippen LogP contribution in [-0.2, 0) is 12.8 Å². The molecule has 1 heterocycles. The van der Waals surface area contributed by atoms with Crippen LogP contribution < -0.4 is 0 Å². The van der Waals surface area contributed by atoms with E-state index in [0.29, 0.717) is 5.41 Å². The number of hydrogen-bond donors (Lipinski definition) is 2. The van der Waals surface area contributed by atoms with Crippen LogP contribution in [0.2, 0.25) is 0 Å².